The van der Waals surface area contributed by atoms with Crippen LogP contribution in [0.2, 0.25) is 0 Å². The standard InChI is InChI=1S/C11H20N2O2S/c1-7(2)6-15-11(14)13-9-5-3-4-8(9)10(12)16/h7-9H,3-6H2,1-2H3,(H2,12,16)(H,13,14). The van der Waals surface area contributed by atoms with Gasteiger partial charge in [0, 0.05) is 12.0 Å². The highest BCUT2D eigenvalue weighted by Crippen LogP contribution is 2.25. The molecule has 0 aliphatic heterocycles. The van der Waals surface area contributed by atoms with Crippen LogP contribution in [0.25, 0.3) is 0 Å². The molecule has 3 N–H and O–H groups in total. The number of carbonyl (C=O) groups excluding carboxylic acids is 1. The van der Waals surface area contributed by atoms with Crippen molar-refractivity contribution in [1.82, 2.24) is 5.32 Å². The zero-order chi connectivity index (χ0) is 12.1. The number of hydrogen-bond donors (Lipinski definition) is 2. The molecule has 16 heavy (non-hydrogen) atoms. The summed E-state index contributed by atoms with van der Waals surface area (Å²) in [6, 6.07) is 0.0529. The Labute approximate surface area is 102 Å². The fraction of sp³-hybridized carbons (Fsp3) is 0.818. The predicted molar refractivity (Wildman–Crippen MR) is 67.2 cm³/mol. The van der Waals surface area contributed by atoms with Gasteiger partial charge in [0.1, 0.15) is 0 Å². The Morgan fingerprint density at radius 1 is 1.56 bits per heavy atom. The van der Waals surface area contributed by atoms with Crippen LogP contribution in [0.1, 0.15) is 33.1 Å². The average molecular weight is 244 g/mol. The van der Waals surface area contributed by atoms with Gasteiger partial charge >= 0.3 is 6.09 Å². The lowest BCUT2D eigenvalue weighted by atomic mass is 10.0. The first-order chi connectivity index (χ1) is 7.50. The highest BCUT2D eigenvalue weighted by atomic mass is 32.1. The van der Waals surface area contributed by atoms with Crippen LogP contribution in [-0.4, -0.2) is 23.7 Å². The lowest BCUT2D eigenvalue weighted by molar-refractivity contribution is 0.128. The molecule has 0 aromatic carbocycles. The largest absolute Gasteiger partial charge is 0.449 e. The van der Waals surface area contributed by atoms with Gasteiger partial charge in [0.25, 0.3) is 0 Å². The molecule has 0 heterocycles. The van der Waals surface area contributed by atoms with Crippen LogP contribution in [0.3, 0.4) is 0 Å². The number of thiocarbonyl (C=S) groups is 1. The summed E-state index contributed by atoms with van der Waals surface area (Å²) in [5.41, 5.74) is 5.63. The first-order valence-corrected chi connectivity index (χ1v) is 6.14. The van der Waals surface area contributed by atoms with E-state index in [1.165, 1.54) is 0 Å². The second-order valence-corrected chi connectivity index (χ2v) is 5.15. The van der Waals surface area contributed by atoms with Crippen molar-refractivity contribution < 1.29 is 9.53 Å². The Morgan fingerprint density at radius 2 is 2.25 bits per heavy atom. The molecule has 1 aliphatic rings. The third-order valence-electron chi connectivity index (χ3n) is 2.73. The Morgan fingerprint density at radius 3 is 2.81 bits per heavy atom. The predicted octanol–water partition coefficient (Wildman–Crippen LogP) is 1.82. The van der Waals surface area contributed by atoms with Crippen molar-refractivity contribution in [2.45, 2.75) is 39.2 Å². The normalized spacial score (nSPS) is 24.4. The maximum absolute atomic E-state index is 11.5. The molecule has 2 atom stereocenters. The Bertz CT molecular complexity index is 269. The molecule has 1 saturated carbocycles. The Kier molecular flexibility index (Phi) is 4.99. The molecular weight excluding hydrogens is 224 g/mol. The number of rotatable bonds is 4. The first-order valence-electron chi connectivity index (χ1n) is 5.73. The van der Waals surface area contributed by atoms with Crippen molar-refractivity contribution >= 4 is 23.3 Å². The van der Waals surface area contributed by atoms with E-state index in [-0.39, 0.29) is 18.1 Å². The van der Waals surface area contributed by atoms with Crippen molar-refractivity contribution in [2.75, 3.05) is 6.61 Å². The summed E-state index contributed by atoms with van der Waals surface area (Å²) in [5, 5.41) is 2.84. The van der Waals surface area contributed by atoms with Crippen LogP contribution in [0, 0.1) is 11.8 Å². The van der Waals surface area contributed by atoms with E-state index in [4.69, 9.17) is 22.7 Å². The van der Waals surface area contributed by atoms with Gasteiger partial charge in [0.15, 0.2) is 0 Å². The minimum Gasteiger partial charge on any atom is -0.449 e. The third kappa shape index (κ3) is 3.96. The van der Waals surface area contributed by atoms with Crippen LogP contribution in [0.5, 0.6) is 0 Å². The van der Waals surface area contributed by atoms with Crippen molar-refractivity contribution in [3.8, 4) is 0 Å². The van der Waals surface area contributed by atoms with Crippen LogP contribution in [0.4, 0.5) is 4.79 Å². The van der Waals surface area contributed by atoms with Crippen LogP contribution < -0.4 is 11.1 Å². The SMILES string of the molecule is CC(C)COC(=O)NC1CCCC1C(N)=S. The lowest BCUT2D eigenvalue weighted by Gasteiger charge is -2.19. The van der Waals surface area contributed by atoms with E-state index in [0.717, 1.165) is 19.3 Å². The van der Waals surface area contributed by atoms with Gasteiger partial charge in [-0.2, -0.15) is 0 Å². The fourth-order valence-corrected chi connectivity index (χ4v) is 2.19. The molecule has 1 aliphatic carbocycles. The molecule has 0 bridgehead atoms. The van der Waals surface area contributed by atoms with E-state index in [1.54, 1.807) is 0 Å². The molecule has 92 valence electrons. The molecule has 4 nitrogen and oxygen atoms in total. The maximum Gasteiger partial charge on any atom is 0.407 e. The number of alkyl carbamates (subject to hydrolysis) is 1. The third-order valence-corrected chi connectivity index (χ3v) is 3.04. The van der Waals surface area contributed by atoms with E-state index < -0.39 is 0 Å². The lowest BCUT2D eigenvalue weighted by Crippen LogP contribution is -2.42. The molecular formula is C11H20N2O2S. The molecule has 5 heteroatoms. The van der Waals surface area contributed by atoms with Gasteiger partial charge in [0.2, 0.25) is 0 Å². The van der Waals surface area contributed by atoms with Gasteiger partial charge < -0.3 is 15.8 Å². The summed E-state index contributed by atoms with van der Waals surface area (Å²) in [6.07, 6.45) is 2.59. The summed E-state index contributed by atoms with van der Waals surface area (Å²) < 4.78 is 5.06. The summed E-state index contributed by atoms with van der Waals surface area (Å²) in [6.45, 7) is 4.44. The Hall–Kier alpha value is -0.840. The molecule has 0 radical (unpaired) electrons. The smallest absolute Gasteiger partial charge is 0.407 e. The molecule has 0 saturated heterocycles. The quantitative estimate of drug-likeness (QED) is 0.740. The first kappa shape index (κ1) is 13.2. The second-order valence-electron chi connectivity index (χ2n) is 4.68. The van der Waals surface area contributed by atoms with E-state index in [1.807, 2.05) is 13.8 Å². The van der Waals surface area contributed by atoms with Gasteiger partial charge in [-0.25, -0.2) is 4.79 Å². The van der Waals surface area contributed by atoms with Gasteiger partial charge in [-0.05, 0) is 18.8 Å². The summed E-state index contributed by atoms with van der Waals surface area (Å²) in [7, 11) is 0. The Balaban J connectivity index is 2.35. The van der Waals surface area contributed by atoms with Crippen molar-refractivity contribution in [2.24, 2.45) is 17.6 Å². The minimum absolute atomic E-state index is 0.0529. The van der Waals surface area contributed by atoms with Gasteiger partial charge in [0.05, 0.1) is 11.6 Å². The second kappa shape index (κ2) is 6.03. The zero-order valence-corrected chi connectivity index (χ0v) is 10.7. The van der Waals surface area contributed by atoms with Gasteiger partial charge in [-0.3, -0.25) is 0 Å². The number of ether oxygens (including phenoxy) is 1. The molecule has 1 rings (SSSR count). The van der Waals surface area contributed by atoms with E-state index in [0.29, 0.717) is 17.5 Å². The van der Waals surface area contributed by atoms with Crippen molar-refractivity contribution in [3.63, 3.8) is 0 Å². The van der Waals surface area contributed by atoms with Gasteiger partial charge in [-0.1, -0.05) is 32.5 Å². The molecule has 0 aromatic heterocycles. The molecule has 0 aromatic rings. The number of amides is 1. The minimum atomic E-state index is -0.359. The molecule has 0 spiro atoms. The number of nitrogens with one attached hydrogen (secondary N) is 1. The topological polar surface area (TPSA) is 64.3 Å². The summed E-state index contributed by atoms with van der Waals surface area (Å²) >= 11 is 4.98. The fourth-order valence-electron chi connectivity index (χ4n) is 1.91. The number of carbonyl (C=O) groups is 1. The van der Waals surface area contributed by atoms with Crippen molar-refractivity contribution in [1.29, 1.82) is 0 Å². The van der Waals surface area contributed by atoms with Crippen LogP contribution >= 0.6 is 12.2 Å². The zero-order valence-electron chi connectivity index (χ0n) is 9.86. The van der Waals surface area contributed by atoms with Gasteiger partial charge in [-0.15, -0.1) is 0 Å². The maximum atomic E-state index is 11.5. The monoisotopic (exact) mass is 244 g/mol. The van der Waals surface area contributed by atoms with Crippen LogP contribution in [-0.2, 0) is 4.74 Å². The van der Waals surface area contributed by atoms with E-state index >= 15 is 0 Å². The average Bonchev–Trinajstić information content (AvgIpc) is 2.62. The van der Waals surface area contributed by atoms with E-state index in [2.05, 4.69) is 5.32 Å². The van der Waals surface area contributed by atoms with Crippen molar-refractivity contribution in [3.05, 3.63) is 0 Å². The molecule has 2 unspecified atom stereocenters. The number of nitrogens with two attached hydrogens (primary N) is 1. The molecule has 1 amide bonds. The molecule has 1 fully saturated rings. The summed E-state index contributed by atoms with van der Waals surface area (Å²) in [4.78, 5) is 11.9. The highest BCUT2D eigenvalue weighted by Gasteiger charge is 2.30. The highest BCUT2D eigenvalue weighted by molar-refractivity contribution is 7.80. The summed E-state index contributed by atoms with van der Waals surface area (Å²) in [5.74, 6) is 0.474. The van der Waals surface area contributed by atoms with Crippen LogP contribution in [0.15, 0.2) is 0 Å². The van der Waals surface area contributed by atoms with E-state index in [9.17, 15) is 4.79 Å². The number of hydrogen-bond acceptors (Lipinski definition) is 3.